The standard InChI is InChI=1S/C13H13N3O3/c17-11(14-8-5-6-8)7-16-10-4-2-1-3-9(10)15-12(18)13(16)19/h1-4,8H,5-7H2,(H,14,17)(H,15,18). The first-order valence-electron chi connectivity index (χ1n) is 6.16. The van der Waals surface area contributed by atoms with Gasteiger partial charge in [0.05, 0.1) is 11.0 Å². The lowest BCUT2D eigenvalue weighted by Gasteiger charge is -2.09. The smallest absolute Gasteiger partial charge is 0.317 e. The lowest BCUT2D eigenvalue weighted by atomic mass is 10.3. The number of H-pyrrole nitrogens is 1. The number of carbonyl (C=O) groups excluding carboxylic acids is 1. The molecule has 1 amide bonds. The van der Waals surface area contributed by atoms with E-state index in [-0.39, 0.29) is 18.5 Å². The molecule has 1 aromatic carbocycles. The molecule has 0 atom stereocenters. The molecule has 1 aromatic heterocycles. The topological polar surface area (TPSA) is 84.0 Å². The molecule has 98 valence electrons. The average Bonchev–Trinajstić information content (AvgIpc) is 3.19. The third kappa shape index (κ3) is 2.29. The predicted octanol–water partition coefficient (Wildman–Crippen LogP) is -0.0316. The van der Waals surface area contributed by atoms with Crippen molar-refractivity contribution in [2.45, 2.75) is 25.4 Å². The van der Waals surface area contributed by atoms with Crippen molar-refractivity contribution in [1.82, 2.24) is 14.9 Å². The van der Waals surface area contributed by atoms with E-state index in [0.717, 1.165) is 12.8 Å². The maximum atomic E-state index is 11.9. The van der Waals surface area contributed by atoms with Gasteiger partial charge in [-0.15, -0.1) is 0 Å². The van der Waals surface area contributed by atoms with Gasteiger partial charge < -0.3 is 10.3 Å². The minimum absolute atomic E-state index is 0.125. The molecule has 0 unspecified atom stereocenters. The van der Waals surface area contributed by atoms with Crippen LogP contribution in [-0.2, 0) is 11.3 Å². The van der Waals surface area contributed by atoms with Crippen LogP contribution in [-0.4, -0.2) is 21.5 Å². The van der Waals surface area contributed by atoms with E-state index >= 15 is 0 Å². The van der Waals surface area contributed by atoms with Crippen LogP contribution in [0.25, 0.3) is 11.0 Å². The Morgan fingerprint density at radius 2 is 2.05 bits per heavy atom. The van der Waals surface area contributed by atoms with Gasteiger partial charge in [-0.05, 0) is 25.0 Å². The quantitative estimate of drug-likeness (QED) is 0.759. The van der Waals surface area contributed by atoms with E-state index in [4.69, 9.17) is 0 Å². The number of hydrogen-bond acceptors (Lipinski definition) is 3. The number of rotatable bonds is 3. The largest absolute Gasteiger partial charge is 0.352 e. The van der Waals surface area contributed by atoms with Gasteiger partial charge >= 0.3 is 11.1 Å². The summed E-state index contributed by atoms with van der Waals surface area (Å²) in [6, 6.07) is 7.16. The van der Waals surface area contributed by atoms with E-state index in [0.29, 0.717) is 11.0 Å². The molecule has 1 heterocycles. The molecule has 3 rings (SSSR count). The number of fused-ring (bicyclic) bond motifs is 1. The average molecular weight is 259 g/mol. The van der Waals surface area contributed by atoms with Crippen LogP contribution in [0.4, 0.5) is 0 Å². The van der Waals surface area contributed by atoms with Crippen molar-refractivity contribution < 1.29 is 4.79 Å². The predicted molar refractivity (Wildman–Crippen MR) is 70.0 cm³/mol. The molecule has 0 saturated heterocycles. The number of nitrogens with one attached hydrogen (secondary N) is 2. The van der Waals surface area contributed by atoms with Gasteiger partial charge in [0.25, 0.3) is 0 Å². The van der Waals surface area contributed by atoms with Gasteiger partial charge in [-0.2, -0.15) is 0 Å². The second-order valence-electron chi connectivity index (χ2n) is 4.70. The van der Waals surface area contributed by atoms with Gasteiger partial charge in [-0.3, -0.25) is 19.0 Å². The second-order valence-corrected chi connectivity index (χ2v) is 4.70. The summed E-state index contributed by atoms with van der Waals surface area (Å²) in [5.74, 6) is -0.236. The van der Waals surface area contributed by atoms with Gasteiger partial charge in [0.15, 0.2) is 0 Å². The molecule has 19 heavy (non-hydrogen) atoms. The van der Waals surface area contributed by atoms with Crippen LogP contribution < -0.4 is 16.4 Å². The first-order valence-corrected chi connectivity index (χ1v) is 6.16. The van der Waals surface area contributed by atoms with E-state index < -0.39 is 11.1 Å². The van der Waals surface area contributed by atoms with Crippen LogP contribution in [0.1, 0.15) is 12.8 Å². The fraction of sp³-hybridized carbons (Fsp3) is 0.308. The van der Waals surface area contributed by atoms with E-state index in [2.05, 4.69) is 10.3 Å². The molecule has 0 aliphatic heterocycles. The van der Waals surface area contributed by atoms with Gasteiger partial charge in [0.2, 0.25) is 5.91 Å². The number of para-hydroxylation sites is 2. The van der Waals surface area contributed by atoms with Crippen molar-refractivity contribution in [3.63, 3.8) is 0 Å². The third-order valence-electron chi connectivity index (χ3n) is 3.13. The van der Waals surface area contributed by atoms with Gasteiger partial charge in [0.1, 0.15) is 6.54 Å². The van der Waals surface area contributed by atoms with Crippen LogP contribution in [0.2, 0.25) is 0 Å². The van der Waals surface area contributed by atoms with Gasteiger partial charge in [0, 0.05) is 6.04 Å². The minimum Gasteiger partial charge on any atom is -0.352 e. The molecule has 6 nitrogen and oxygen atoms in total. The number of aromatic amines is 1. The Balaban J connectivity index is 2.05. The Kier molecular flexibility index (Phi) is 2.70. The summed E-state index contributed by atoms with van der Waals surface area (Å²) in [4.78, 5) is 37.7. The first-order chi connectivity index (χ1) is 9.15. The zero-order valence-corrected chi connectivity index (χ0v) is 10.2. The lowest BCUT2D eigenvalue weighted by Crippen LogP contribution is -2.40. The first kappa shape index (κ1) is 11.7. The number of amides is 1. The molecule has 1 saturated carbocycles. The Morgan fingerprint density at radius 1 is 1.32 bits per heavy atom. The summed E-state index contributed by atoms with van der Waals surface area (Å²) in [6.07, 6.45) is 1.97. The Labute approximate surface area is 108 Å². The third-order valence-corrected chi connectivity index (χ3v) is 3.13. The van der Waals surface area contributed by atoms with Crippen LogP contribution in [0.15, 0.2) is 33.9 Å². The SMILES string of the molecule is O=C(Cn1c(=O)c(=O)[nH]c2ccccc21)NC1CC1. The summed E-state index contributed by atoms with van der Waals surface area (Å²) in [6.45, 7) is -0.125. The fourth-order valence-electron chi connectivity index (χ4n) is 2.02. The highest BCUT2D eigenvalue weighted by Gasteiger charge is 2.23. The lowest BCUT2D eigenvalue weighted by molar-refractivity contribution is -0.121. The molecule has 0 bridgehead atoms. The summed E-state index contributed by atoms with van der Waals surface area (Å²) in [5.41, 5.74) is -0.313. The van der Waals surface area contributed by atoms with Crippen LogP contribution in [0, 0.1) is 0 Å². The molecular weight excluding hydrogens is 246 g/mol. The Hall–Kier alpha value is -2.37. The summed E-state index contributed by atoms with van der Waals surface area (Å²) in [5, 5.41) is 2.80. The monoisotopic (exact) mass is 259 g/mol. The van der Waals surface area contributed by atoms with Crippen LogP contribution in [0.5, 0.6) is 0 Å². The van der Waals surface area contributed by atoms with E-state index in [1.807, 2.05) is 0 Å². The summed E-state index contributed by atoms with van der Waals surface area (Å²) >= 11 is 0. The van der Waals surface area contributed by atoms with E-state index in [9.17, 15) is 14.4 Å². The molecular formula is C13H13N3O3. The van der Waals surface area contributed by atoms with Crippen molar-refractivity contribution in [2.24, 2.45) is 0 Å². The van der Waals surface area contributed by atoms with Crippen molar-refractivity contribution in [3.8, 4) is 0 Å². The van der Waals surface area contributed by atoms with Crippen molar-refractivity contribution in [3.05, 3.63) is 45.0 Å². The summed E-state index contributed by atoms with van der Waals surface area (Å²) in [7, 11) is 0. The normalized spacial score (nSPS) is 14.5. The second kappa shape index (κ2) is 4.38. The van der Waals surface area contributed by atoms with Crippen molar-refractivity contribution in [1.29, 1.82) is 0 Å². The fourth-order valence-corrected chi connectivity index (χ4v) is 2.02. The number of benzene rings is 1. The van der Waals surface area contributed by atoms with Gasteiger partial charge in [-0.25, -0.2) is 0 Å². The van der Waals surface area contributed by atoms with Crippen LogP contribution in [0.3, 0.4) is 0 Å². The molecule has 2 N–H and O–H groups in total. The minimum atomic E-state index is -0.710. The Bertz CT molecular complexity index is 756. The maximum absolute atomic E-state index is 11.9. The number of aromatic nitrogens is 2. The van der Waals surface area contributed by atoms with Crippen molar-refractivity contribution >= 4 is 16.9 Å². The molecule has 0 radical (unpaired) electrons. The number of nitrogens with zero attached hydrogens (tertiary/aromatic N) is 1. The molecule has 1 fully saturated rings. The molecule has 6 heteroatoms. The highest BCUT2D eigenvalue weighted by molar-refractivity contribution is 5.80. The van der Waals surface area contributed by atoms with Crippen molar-refractivity contribution in [2.75, 3.05) is 0 Å². The van der Waals surface area contributed by atoms with E-state index in [1.165, 1.54) is 4.57 Å². The number of carbonyl (C=O) groups is 1. The van der Waals surface area contributed by atoms with Gasteiger partial charge in [-0.1, -0.05) is 12.1 Å². The van der Waals surface area contributed by atoms with E-state index in [1.54, 1.807) is 24.3 Å². The zero-order chi connectivity index (χ0) is 13.4. The Morgan fingerprint density at radius 3 is 2.79 bits per heavy atom. The highest BCUT2D eigenvalue weighted by atomic mass is 16.2. The highest BCUT2D eigenvalue weighted by Crippen LogP contribution is 2.18. The molecule has 1 aliphatic rings. The maximum Gasteiger partial charge on any atom is 0.317 e. The molecule has 0 spiro atoms. The summed E-state index contributed by atoms with van der Waals surface area (Å²) < 4.78 is 1.21. The molecule has 2 aromatic rings. The molecule has 1 aliphatic carbocycles. The zero-order valence-electron chi connectivity index (χ0n) is 10.2. The number of hydrogen-bond donors (Lipinski definition) is 2. The van der Waals surface area contributed by atoms with Crippen LogP contribution >= 0.6 is 0 Å².